The number of hydrogen-bond acceptors (Lipinski definition) is 6. The monoisotopic (exact) mass is 798 g/mol. The average Bonchev–Trinajstić information content (AvgIpc) is 4.08. The summed E-state index contributed by atoms with van der Waals surface area (Å²) in [6.45, 7) is 4.20. The maximum Gasteiger partial charge on any atom is 0.238 e. The molecule has 0 saturated carbocycles. The minimum atomic E-state index is 0.504. The van der Waals surface area contributed by atoms with E-state index in [9.17, 15) is 0 Å². The second kappa shape index (κ2) is 13.1. The van der Waals surface area contributed by atoms with Crippen molar-refractivity contribution in [1.29, 1.82) is 0 Å². The number of oxazole rings is 1. The van der Waals surface area contributed by atoms with E-state index in [2.05, 4.69) is 126 Å². The number of hydrogen-bond donors (Lipinski definition) is 0. The van der Waals surface area contributed by atoms with Crippen molar-refractivity contribution < 1.29 is 8.83 Å². The molecule has 0 aliphatic rings. The molecule has 0 unspecified atom stereocenters. The summed E-state index contributed by atoms with van der Waals surface area (Å²) in [5.74, 6) is 2.21. The summed E-state index contributed by atoms with van der Waals surface area (Å²) in [5, 5.41) is 6.34. The van der Waals surface area contributed by atoms with Crippen LogP contribution in [0.4, 0.5) is 0 Å². The van der Waals surface area contributed by atoms with E-state index in [4.69, 9.17) is 28.8 Å². The molecule has 0 atom stereocenters. The van der Waals surface area contributed by atoms with Crippen LogP contribution in [0.25, 0.3) is 123 Å². The van der Waals surface area contributed by atoms with Gasteiger partial charge in [-0.3, -0.25) is 4.57 Å². The molecule has 0 fully saturated rings. The van der Waals surface area contributed by atoms with Gasteiger partial charge in [0.2, 0.25) is 11.8 Å². The fourth-order valence-corrected chi connectivity index (χ4v) is 9.55. The van der Waals surface area contributed by atoms with Crippen molar-refractivity contribution >= 4 is 76.6 Å². The summed E-state index contributed by atoms with van der Waals surface area (Å²) in [5.41, 5.74) is 13.0. The SMILES string of the molecule is Cc1cc(C)cc(-c2nc3cccc(-n4c5ccccc5c5ccc6c7ccccc7n(-c7nc(-c8ccccc8)nc(-c8cccc9oc%10ccccc%10c89)n7)c6c54)c3o2)c1. The summed E-state index contributed by atoms with van der Waals surface area (Å²) in [4.78, 5) is 21.0. The molecule has 8 nitrogen and oxygen atoms in total. The Morgan fingerprint density at radius 1 is 0.435 bits per heavy atom. The topological polar surface area (TPSA) is 87.7 Å². The standard InChI is InChI=1S/C54H34N6O2/c1-31-28-32(2)30-34(29-31)53-55-41-20-13-23-44(50(41)62-53)59-42-21-9-6-16-35(42)37-26-27-38-36-17-7-10-22-43(36)60(49(38)48(37)59)54-57-51(33-14-4-3-5-15-33)56-52(58-54)40-19-12-25-46-47(40)39-18-8-11-24-45(39)61-46/h3-30H,1-2H3. The third-order valence-electron chi connectivity index (χ3n) is 12.1. The van der Waals surface area contributed by atoms with Crippen LogP contribution in [0.2, 0.25) is 0 Å². The van der Waals surface area contributed by atoms with Crippen LogP contribution in [0.5, 0.6) is 0 Å². The third-order valence-corrected chi connectivity index (χ3v) is 12.1. The molecule has 0 spiro atoms. The Kier molecular flexibility index (Phi) is 7.27. The number of para-hydroxylation sites is 4. The van der Waals surface area contributed by atoms with Crippen LogP contribution >= 0.6 is 0 Å². The fourth-order valence-electron chi connectivity index (χ4n) is 9.55. The normalized spacial score (nSPS) is 12.0. The molecule has 5 aromatic heterocycles. The Labute approximate surface area is 354 Å². The number of nitrogens with zero attached hydrogens (tertiary/aromatic N) is 6. The third kappa shape index (κ3) is 5.07. The van der Waals surface area contributed by atoms with Gasteiger partial charge in [-0.05, 0) is 62.4 Å². The van der Waals surface area contributed by atoms with Gasteiger partial charge < -0.3 is 13.4 Å². The van der Waals surface area contributed by atoms with Gasteiger partial charge >= 0.3 is 0 Å². The first-order chi connectivity index (χ1) is 30.6. The van der Waals surface area contributed by atoms with Crippen LogP contribution in [0, 0.1) is 13.8 Å². The lowest BCUT2D eigenvalue weighted by Crippen LogP contribution is -2.07. The molecule has 0 N–H and O–H groups in total. The van der Waals surface area contributed by atoms with E-state index in [1.54, 1.807) is 0 Å². The summed E-state index contributed by atoms with van der Waals surface area (Å²) in [7, 11) is 0. The van der Waals surface area contributed by atoms with E-state index in [1.807, 2.05) is 66.7 Å². The second-order valence-corrected chi connectivity index (χ2v) is 16.0. The molecule has 0 bridgehead atoms. The highest BCUT2D eigenvalue weighted by molar-refractivity contribution is 6.24. The van der Waals surface area contributed by atoms with Crippen LogP contribution in [-0.4, -0.2) is 29.1 Å². The predicted octanol–water partition coefficient (Wildman–Crippen LogP) is 13.7. The van der Waals surface area contributed by atoms with Crippen molar-refractivity contribution in [3.8, 4) is 45.9 Å². The highest BCUT2D eigenvalue weighted by Crippen LogP contribution is 2.43. The largest absolute Gasteiger partial charge is 0.456 e. The molecule has 0 saturated heterocycles. The molecule has 13 rings (SSSR count). The lowest BCUT2D eigenvalue weighted by molar-refractivity contribution is 0.618. The van der Waals surface area contributed by atoms with Gasteiger partial charge in [-0.2, -0.15) is 9.97 Å². The maximum absolute atomic E-state index is 6.81. The van der Waals surface area contributed by atoms with Crippen molar-refractivity contribution in [2.75, 3.05) is 0 Å². The first-order valence-electron chi connectivity index (χ1n) is 20.7. The van der Waals surface area contributed by atoms with Crippen molar-refractivity contribution in [3.63, 3.8) is 0 Å². The van der Waals surface area contributed by atoms with E-state index in [0.29, 0.717) is 29.1 Å². The van der Waals surface area contributed by atoms with Crippen molar-refractivity contribution in [2.45, 2.75) is 13.8 Å². The van der Waals surface area contributed by atoms with Crippen LogP contribution in [0.15, 0.2) is 179 Å². The zero-order valence-electron chi connectivity index (χ0n) is 33.7. The van der Waals surface area contributed by atoms with Gasteiger partial charge in [-0.25, -0.2) is 9.97 Å². The summed E-state index contributed by atoms with van der Waals surface area (Å²) in [6, 6.07) is 58.5. The van der Waals surface area contributed by atoms with Gasteiger partial charge in [-0.1, -0.05) is 132 Å². The summed E-state index contributed by atoms with van der Waals surface area (Å²) < 4.78 is 17.7. The lowest BCUT2D eigenvalue weighted by atomic mass is 10.1. The number of aromatic nitrogens is 6. The minimum absolute atomic E-state index is 0.504. The van der Waals surface area contributed by atoms with E-state index in [-0.39, 0.29) is 0 Å². The molecular formula is C54H34N6O2. The number of benzene rings is 8. The predicted molar refractivity (Wildman–Crippen MR) is 249 cm³/mol. The van der Waals surface area contributed by atoms with Gasteiger partial charge in [0.15, 0.2) is 17.2 Å². The van der Waals surface area contributed by atoms with Gasteiger partial charge in [-0.15, -0.1) is 0 Å². The molecule has 0 radical (unpaired) electrons. The average molecular weight is 799 g/mol. The molecule has 8 heteroatoms. The van der Waals surface area contributed by atoms with Crippen molar-refractivity contribution in [3.05, 3.63) is 181 Å². The lowest BCUT2D eigenvalue weighted by Gasteiger charge is -2.13. The molecule has 8 aromatic carbocycles. The first kappa shape index (κ1) is 34.5. The maximum atomic E-state index is 6.81. The van der Waals surface area contributed by atoms with Crippen LogP contribution in [0.3, 0.4) is 0 Å². The molecule has 13 aromatic rings. The molecular weight excluding hydrogens is 765 g/mol. The molecule has 0 aliphatic heterocycles. The molecule has 0 aliphatic carbocycles. The van der Waals surface area contributed by atoms with Crippen LogP contribution < -0.4 is 0 Å². The first-order valence-corrected chi connectivity index (χ1v) is 20.7. The van der Waals surface area contributed by atoms with Gasteiger partial charge in [0.25, 0.3) is 0 Å². The van der Waals surface area contributed by atoms with Gasteiger partial charge in [0.1, 0.15) is 16.7 Å². The quantitative estimate of drug-likeness (QED) is 0.172. The molecule has 292 valence electrons. The highest BCUT2D eigenvalue weighted by Gasteiger charge is 2.26. The molecule has 5 heterocycles. The Hall–Kier alpha value is -8.36. The molecule has 0 amide bonds. The minimum Gasteiger partial charge on any atom is -0.456 e. The Balaban J connectivity index is 1.16. The summed E-state index contributed by atoms with van der Waals surface area (Å²) in [6.07, 6.45) is 0. The second-order valence-electron chi connectivity index (χ2n) is 16.0. The van der Waals surface area contributed by atoms with Crippen LogP contribution in [0.1, 0.15) is 11.1 Å². The van der Waals surface area contributed by atoms with Crippen molar-refractivity contribution in [2.24, 2.45) is 0 Å². The van der Waals surface area contributed by atoms with Crippen LogP contribution in [-0.2, 0) is 0 Å². The zero-order valence-corrected chi connectivity index (χ0v) is 33.7. The van der Waals surface area contributed by atoms with E-state index in [1.165, 1.54) is 0 Å². The van der Waals surface area contributed by atoms with Gasteiger partial charge in [0, 0.05) is 49.0 Å². The molecule has 62 heavy (non-hydrogen) atoms. The fraction of sp³-hybridized carbons (Fsp3) is 0.0370. The van der Waals surface area contributed by atoms with E-state index in [0.717, 1.165) is 105 Å². The smallest absolute Gasteiger partial charge is 0.238 e. The Bertz CT molecular complexity index is 3940. The highest BCUT2D eigenvalue weighted by atomic mass is 16.3. The number of aryl methyl sites for hydroxylation is 2. The van der Waals surface area contributed by atoms with Crippen molar-refractivity contribution in [1.82, 2.24) is 29.1 Å². The van der Waals surface area contributed by atoms with E-state index >= 15 is 0 Å². The Morgan fingerprint density at radius 2 is 1.06 bits per heavy atom. The number of fused-ring (bicyclic) bond motifs is 11. The zero-order chi connectivity index (χ0) is 41.1. The van der Waals surface area contributed by atoms with Gasteiger partial charge in [0.05, 0.1) is 27.8 Å². The number of rotatable bonds is 5. The van der Waals surface area contributed by atoms with E-state index < -0.39 is 0 Å². The Morgan fingerprint density at radius 3 is 1.84 bits per heavy atom. The summed E-state index contributed by atoms with van der Waals surface area (Å²) >= 11 is 0. The number of furan rings is 1.